The smallest absolute Gasteiger partial charge is 0.328 e. The first kappa shape index (κ1) is 29.7. The zero-order chi connectivity index (χ0) is 29.5. The molecule has 1 aliphatic rings. The Morgan fingerprint density at radius 1 is 1.12 bits per heavy atom. The molecule has 3 aromatic rings. The molecule has 3 N–H and O–H groups in total. The molecular weight excluding hydrogens is 526 g/mol. The Labute approximate surface area is 238 Å². The number of piperidine rings is 1. The molecule has 0 spiro atoms. The van der Waals surface area contributed by atoms with Crippen molar-refractivity contribution in [1.82, 2.24) is 10.2 Å². The Hall–Kier alpha value is -4.28. The van der Waals surface area contributed by atoms with Crippen molar-refractivity contribution in [3.05, 3.63) is 93.5 Å². The summed E-state index contributed by atoms with van der Waals surface area (Å²) in [6.07, 6.45) is 0.891. The summed E-state index contributed by atoms with van der Waals surface area (Å²) < 4.78 is 5.95. The number of nitrogens with zero attached hydrogens (tertiary/aromatic N) is 2. The largest absolute Gasteiger partial charge is 0.482 e. The second kappa shape index (κ2) is 13.4. The van der Waals surface area contributed by atoms with E-state index >= 15 is 0 Å². The number of carboxylic acid groups (broad SMARTS) is 1. The molecule has 4 rings (SSSR count). The monoisotopic (exact) mass is 561 g/mol. The molecular formula is C31H35N3O7. The number of nitro benzene ring substituents is 1. The third-order valence-corrected chi connectivity index (χ3v) is 7.48. The molecule has 0 bridgehead atoms. The van der Waals surface area contributed by atoms with Crippen molar-refractivity contribution in [2.24, 2.45) is 0 Å². The number of ether oxygens (including phenoxy) is 1. The molecule has 1 aliphatic heterocycles. The number of aliphatic carboxylic acids is 1. The fourth-order valence-corrected chi connectivity index (χ4v) is 5.20. The Kier molecular flexibility index (Phi) is 9.69. The van der Waals surface area contributed by atoms with Crippen LogP contribution in [-0.4, -0.2) is 56.6 Å². The van der Waals surface area contributed by atoms with Crippen molar-refractivity contribution >= 4 is 17.6 Å². The number of aliphatic hydroxyl groups excluding tert-OH is 1. The summed E-state index contributed by atoms with van der Waals surface area (Å²) in [5, 5.41) is 33.5. The molecule has 1 saturated heterocycles. The molecule has 0 saturated carbocycles. The number of carboxylic acids is 1. The number of hydrogen-bond donors (Lipinski definition) is 3. The standard InChI is InChI=1S/C31H35N3O7/c1-20-24(11-8-12-25(20)23-9-4-3-5-10-23)19-41-28-15-14-22(17-27(28)34(39)40)18-33-16-7-6-13-26(33)30(36)32-29(21(2)35)31(37)38/h3-5,8-12,14-15,17,21,26,29,35H,6-7,13,16,18-19H2,1-2H3,(H,32,36)(H,37,38)/t21?,26-,29?/m0/s1. The van der Waals surface area contributed by atoms with Crippen LogP contribution >= 0.6 is 0 Å². The third-order valence-electron chi connectivity index (χ3n) is 7.48. The number of likely N-dealkylation sites (tertiary alicyclic amines) is 1. The van der Waals surface area contributed by atoms with E-state index in [1.165, 1.54) is 13.0 Å². The van der Waals surface area contributed by atoms with E-state index in [2.05, 4.69) is 5.32 Å². The van der Waals surface area contributed by atoms with Crippen molar-refractivity contribution < 1.29 is 29.5 Å². The lowest BCUT2D eigenvalue weighted by molar-refractivity contribution is -0.386. The Morgan fingerprint density at radius 2 is 1.88 bits per heavy atom. The molecule has 0 aromatic heterocycles. The summed E-state index contributed by atoms with van der Waals surface area (Å²) >= 11 is 0. The first-order valence-electron chi connectivity index (χ1n) is 13.6. The molecule has 0 aliphatic carbocycles. The topological polar surface area (TPSA) is 142 Å². The number of carbonyl (C=O) groups is 2. The van der Waals surface area contributed by atoms with Gasteiger partial charge in [-0.2, -0.15) is 0 Å². The number of aliphatic hydroxyl groups is 1. The highest BCUT2D eigenvalue weighted by atomic mass is 16.6. The number of nitrogens with one attached hydrogen (secondary N) is 1. The molecule has 2 unspecified atom stereocenters. The van der Waals surface area contributed by atoms with E-state index in [0.717, 1.165) is 35.1 Å². The van der Waals surface area contributed by atoms with Gasteiger partial charge in [-0.1, -0.05) is 61.0 Å². The van der Waals surface area contributed by atoms with Crippen LogP contribution in [0.1, 0.15) is 42.9 Å². The summed E-state index contributed by atoms with van der Waals surface area (Å²) in [7, 11) is 0. The predicted molar refractivity (Wildman–Crippen MR) is 153 cm³/mol. The van der Waals surface area contributed by atoms with Crippen LogP contribution in [0.3, 0.4) is 0 Å². The average molecular weight is 562 g/mol. The van der Waals surface area contributed by atoms with Crippen LogP contribution in [0.4, 0.5) is 5.69 Å². The minimum Gasteiger partial charge on any atom is -0.482 e. The van der Waals surface area contributed by atoms with Gasteiger partial charge in [0.05, 0.1) is 17.1 Å². The quantitative estimate of drug-likeness (QED) is 0.230. The summed E-state index contributed by atoms with van der Waals surface area (Å²) in [5.41, 5.74) is 4.57. The minimum absolute atomic E-state index is 0.150. The lowest BCUT2D eigenvalue weighted by Crippen LogP contribution is -2.55. The molecule has 1 amide bonds. The first-order chi connectivity index (χ1) is 19.7. The number of amides is 1. The van der Waals surface area contributed by atoms with Crippen molar-refractivity contribution in [2.45, 2.75) is 64.4 Å². The van der Waals surface area contributed by atoms with Gasteiger partial charge in [0.1, 0.15) is 6.61 Å². The van der Waals surface area contributed by atoms with E-state index in [0.29, 0.717) is 18.5 Å². The highest BCUT2D eigenvalue weighted by Gasteiger charge is 2.33. The highest BCUT2D eigenvalue weighted by Crippen LogP contribution is 2.32. The van der Waals surface area contributed by atoms with Crippen LogP contribution in [0.2, 0.25) is 0 Å². The van der Waals surface area contributed by atoms with Gasteiger partial charge in [0, 0.05) is 12.6 Å². The first-order valence-corrected chi connectivity index (χ1v) is 13.6. The van der Waals surface area contributed by atoms with E-state index in [1.807, 2.05) is 60.4 Å². The second-order valence-electron chi connectivity index (χ2n) is 10.4. The number of benzene rings is 3. The predicted octanol–water partition coefficient (Wildman–Crippen LogP) is 4.45. The number of hydrogen-bond acceptors (Lipinski definition) is 7. The lowest BCUT2D eigenvalue weighted by Gasteiger charge is -2.35. The highest BCUT2D eigenvalue weighted by molar-refractivity contribution is 5.87. The van der Waals surface area contributed by atoms with E-state index in [-0.39, 0.29) is 24.6 Å². The minimum atomic E-state index is -1.42. The Bertz CT molecular complexity index is 1390. The van der Waals surface area contributed by atoms with Gasteiger partial charge in [-0.3, -0.25) is 19.8 Å². The number of carbonyl (C=O) groups excluding carboxylic acids is 1. The van der Waals surface area contributed by atoms with Crippen LogP contribution in [0.25, 0.3) is 11.1 Å². The van der Waals surface area contributed by atoms with Crippen LogP contribution in [0.5, 0.6) is 5.75 Å². The molecule has 10 heteroatoms. The molecule has 1 fully saturated rings. The van der Waals surface area contributed by atoms with Gasteiger partial charge < -0.3 is 20.3 Å². The summed E-state index contributed by atoms with van der Waals surface area (Å²) in [6, 6.07) is 18.6. The molecule has 10 nitrogen and oxygen atoms in total. The van der Waals surface area contributed by atoms with Gasteiger partial charge in [-0.05, 0) is 67.1 Å². The van der Waals surface area contributed by atoms with Crippen molar-refractivity contribution in [1.29, 1.82) is 0 Å². The molecule has 216 valence electrons. The molecule has 3 aromatic carbocycles. The lowest BCUT2D eigenvalue weighted by atomic mass is 9.97. The molecule has 3 atom stereocenters. The van der Waals surface area contributed by atoms with E-state index in [9.17, 15) is 29.9 Å². The van der Waals surface area contributed by atoms with Gasteiger partial charge in [0.15, 0.2) is 11.8 Å². The zero-order valence-corrected chi connectivity index (χ0v) is 23.2. The fraction of sp³-hybridized carbons (Fsp3) is 0.355. The Balaban J connectivity index is 1.49. The molecule has 0 radical (unpaired) electrons. The number of rotatable bonds is 11. The summed E-state index contributed by atoms with van der Waals surface area (Å²) in [4.78, 5) is 37.8. The average Bonchev–Trinajstić information content (AvgIpc) is 2.96. The van der Waals surface area contributed by atoms with Gasteiger partial charge in [0.2, 0.25) is 5.91 Å². The Morgan fingerprint density at radius 3 is 2.56 bits per heavy atom. The van der Waals surface area contributed by atoms with Crippen molar-refractivity contribution in [2.75, 3.05) is 6.54 Å². The van der Waals surface area contributed by atoms with Crippen LogP contribution in [0, 0.1) is 17.0 Å². The fourth-order valence-electron chi connectivity index (χ4n) is 5.20. The SMILES string of the molecule is Cc1c(COc2ccc(CN3CCCC[C@H]3C(=O)NC(C(=O)O)C(C)O)cc2[N+](=O)[O-])cccc1-c1ccccc1. The van der Waals surface area contributed by atoms with Gasteiger partial charge >= 0.3 is 11.7 Å². The summed E-state index contributed by atoms with van der Waals surface area (Å²) in [6.45, 7) is 4.32. The summed E-state index contributed by atoms with van der Waals surface area (Å²) in [5.74, 6) is -1.65. The number of nitro groups is 1. The van der Waals surface area contributed by atoms with Crippen LogP contribution in [0.15, 0.2) is 66.7 Å². The maximum Gasteiger partial charge on any atom is 0.328 e. The van der Waals surface area contributed by atoms with Gasteiger partial charge in [0.25, 0.3) is 0 Å². The van der Waals surface area contributed by atoms with E-state index in [1.54, 1.807) is 12.1 Å². The zero-order valence-electron chi connectivity index (χ0n) is 23.2. The van der Waals surface area contributed by atoms with Crippen LogP contribution in [-0.2, 0) is 22.7 Å². The normalized spacial score (nSPS) is 16.9. The van der Waals surface area contributed by atoms with Crippen LogP contribution < -0.4 is 10.1 Å². The van der Waals surface area contributed by atoms with Crippen molar-refractivity contribution in [3.63, 3.8) is 0 Å². The van der Waals surface area contributed by atoms with Gasteiger partial charge in [-0.25, -0.2) is 4.79 Å². The maximum absolute atomic E-state index is 13.0. The van der Waals surface area contributed by atoms with E-state index < -0.39 is 35.0 Å². The molecule has 41 heavy (non-hydrogen) atoms. The van der Waals surface area contributed by atoms with Gasteiger partial charge in [-0.15, -0.1) is 0 Å². The molecule has 1 heterocycles. The second-order valence-corrected chi connectivity index (χ2v) is 10.4. The van der Waals surface area contributed by atoms with Crippen molar-refractivity contribution in [3.8, 4) is 16.9 Å². The van der Waals surface area contributed by atoms with E-state index in [4.69, 9.17) is 4.74 Å². The third kappa shape index (κ3) is 7.27. The maximum atomic E-state index is 13.0.